The van der Waals surface area contributed by atoms with Gasteiger partial charge < -0.3 is 9.80 Å². The standard InChI is InChI=1S/C24H21Cl3N6/c1-31(2)21-17-10-32(11-18(17)21)23-20-24(29-12-28-23)33(15-6-3-13(25)4-7-15)22(30-20)16-8-5-14(26)9-19(16)27/h3-9,12,17-18,21H,10-11H2,1-2H3/t17-,18+,21+. The molecule has 3 heterocycles. The minimum atomic E-state index is 0.527. The number of hydrogen-bond acceptors (Lipinski definition) is 5. The van der Waals surface area contributed by atoms with Crippen molar-refractivity contribution in [1.82, 2.24) is 24.4 Å². The summed E-state index contributed by atoms with van der Waals surface area (Å²) in [5.41, 5.74) is 3.16. The first-order valence-corrected chi connectivity index (χ1v) is 11.9. The van der Waals surface area contributed by atoms with Crippen molar-refractivity contribution in [3.8, 4) is 17.1 Å². The quantitative estimate of drug-likeness (QED) is 0.374. The first kappa shape index (κ1) is 21.2. The molecule has 9 heteroatoms. The lowest BCUT2D eigenvalue weighted by molar-refractivity contribution is 0.356. The van der Waals surface area contributed by atoms with E-state index in [9.17, 15) is 0 Å². The van der Waals surface area contributed by atoms with E-state index in [1.807, 2.05) is 41.0 Å². The average molecular weight is 500 g/mol. The second-order valence-corrected chi connectivity index (χ2v) is 10.2. The van der Waals surface area contributed by atoms with Crippen molar-refractivity contribution in [2.45, 2.75) is 6.04 Å². The van der Waals surface area contributed by atoms with Crippen LogP contribution in [0.25, 0.3) is 28.2 Å². The third-order valence-corrected chi connectivity index (χ3v) is 7.53. The molecule has 0 N–H and O–H groups in total. The van der Waals surface area contributed by atoms with Crippen LogP contribution in [-0.4, -0.2) is 57.6 Å². The van der Waals surface area contributed by atoms with Crippen molar-refractivity contribution in [3.63, 3.8) is 0 Å². The van der Waals surface area contributed by atoms with Gasteiger partial charge in [-0.15, -0.1) is 0 Å². The maximum absolute atomic E-state index is 6.60. The van der Waals surface area contributed by atoms with Crippen LogP contribution < -0.4 is 4.90 Å². The van der Waals surface area contributed by atoms with Crippen molar-refractivity contribution in [1.29, 1.82) is 0 Å². The average Bonchev–Trinajstić information content (AvgIpc) is 3.11. The number of hydrogen-bond donors (Lipinski definition) is 0. The summed E-state index contributed by atoms with van der Waals surface area (Å²) in [7, 11) is 4.32. The first-order chi connectivity index (χ1) is 15.9. The minimum absolute atomic E-state index is 0.527. The Balaban J connectivity index is 1.51. The highest BCUT2D eigenvalue weighted by atomic mass is 35.5. The van der Waals surface area contributed by atoms with Crippen LogP contribution in [0.5, 0.6) is 0 Å². The monoisotopic (exact) mass is 498 g/mol. The molecule has 6 nitrogen and oxygen atoms in total. The van der Waals surface area contributed by atoms with Crippen molar-refractivity contribution < 1.29 is 0 Å². The Morgan fingerprint density at radius 3 is 2.27 bits per heavy atom. The fourth-order valence-corrected chi connectivity index (χ4v) is 5.85. The van der Waals surface area contributed by atoms with Gasteiger partial charge in [-0.3, -0.25) is 4.57 Å². The van der Waals surface area contributed by atoms with E-state index in [4.69, 9.17) is 39.8 Å². The molecule has 0 spiro atoms. The molecule has 1 saturated heterocycles. The number of anilines is 1. The van der Waals surface area contributed by atoms with Crippen LogP contribution in [0.15, 0.2) is 48.8 Å². The number of aromatic nitrogens is 4. The van der Waals surface area contributed by atoms with Crippen LogP contribution in [0, 0.1) is 11.8 Å². The highest BCUT2D eigenvalue weighted by molar-refractivity contribution is 6.36. The maximum atomic E-state index is 6.60. The number of imidazole rings is 1. The number of rotatable bonds is 4. The number of benzene rings is 2. The fraction of sp³-hybridized carbons (Fsp3) is 0.292. The van der Waals surface area contributed by atoms with E-state index >= 15 is 0 Å². The summed E-state index contributed by atoms with van der Waals surface area (Å²) in [6.07, 6.45) is 1.62. The van der Waals surface area contributed by atoms with Crippen LogP contribution in [0.3, 0.4) is 0 Å². The number of nitrogens with zero attached hydrogens (tertiary/aromatic N) is 6. The summed E-state index contributed by atoms with van der Waals surface area (Å²) in [6, 6.07) is 13.7. The molecule has 1 aliphatic heterocycles. The summed E-state index contributed by atoms with van der Waals surface area (Å²) in [4.78, 5) is 19.0. The Labute approximate surface area is 206 Å². The van der Waals surface area contributed by atoms with E-state index in [1.165, 1.54) is 0 Å². The Hall–Kier alpha value is -2.38. The van der Waals surface area contributed by atoms with Crippen LogP contribution in [0.2, 0.25) is 15.1 Å². The molecular weight excluding hydrogens is 479 g/mol. The van der Waals surface area contributed by atoms with Gasteiger partial charge in [0.25, 0.3) is 0 Å². The molecule has 2 aliphatic rings. The fourth-order valence-electron chi connectivity index (χ4n) is 5.23. The third kappa shape index (κ3) is 3.48. The van der Waals surface area contributed by atoms with Crippen LogP contribution in [0.1, 0.15) is 0 Å². The van der Waals surface area contributed by atoms with Gasteiger partial charge in [-0.05, 0) is 68.4 Å². The number of fused-ring (bicyclic) bond motifs is 2. The second kappa shape index (κ2) is 7.84. The van der Waals surface area contributed by atoms with Gasteiger partial charge in [0.2, 0.25) is 0 Å². The van der Waals surface area contributed by atoms with E-state index in [0.29, 0.717) is 38.8 Å². The van der Waals surface area contributed by atoms with Crippen molar-refractivity contribution in [3.05, 3.63) is 63.9 Å². The molecule has 168 valence electrons. The second-order valence-electron chi connectivity index (χ2n) is 8.93. The van der Waals surface area contributed by atoms with Gasteiger partial charge in [0, 0.05) is 40.4 Å². The van der Waals surface area contributed by atoms with Gasteiger partial charge in [-0.1, -0.05) is 34.8 Å². The summed E-state index contributed by atoms with van der Waals surface area (Å²) < 4.78 is 2.01. The molecular formula is C24H21Cl3N6. The lowest BCUT2D eigenvalue weighted by Crippen LogP contribution is -2.31. The molecule has 0 radical (unpaired) electrons. The van der Waals surface area contributed by atoms with Crippen molar-refractivity contribution in [2.75, 3.05) is 32.1 Å². The topological polar surface area (TPSA) is 50.1 Å². The largest absolute Gasteiger partial charge is 0.354 e. The van der Waals surface area contributed by atoms with Gasteiger partial charge in [0.15, 0.2) is 17.0 Å². The molecule has 33 heavy (non-hydrogen) atoms. The molecule has 4 aromatic rings. The van der Waals surface area contributed by atoms with Gasteiger partial charge in [0.05, 0.1) is 5.02 Å². The molecule has 2 aromatic heterocycles. The van der Waals surface area contributed by atoms with E-state index in [0.717, 1.165) is 41.3 Å². The highest BCUT2D eigenvalue weighted by Gasteiger charge is 2.57. The predicted octanol–water partition coefficient (Wildman–Crippen LogP) is 5.44. The molecule has 2 aromatic carbocycles. The van der Waals surface area contributed by atoms with Gasteiger partial charge in [-0.25, -0.2) is 15.0 Å². The maximum Gasteiger partial charge on any atom is 0.170 e. The zero-order chi connectivity index (χ0) is 22.9. The number of halogens is 3. The number of piperidine rings is 1. The summed E-state index contributed by atoms with van der Waals surface area (Å²) in [5, 5.41) is 1.76. The molecule has 0 amide bonds. The molecule has 0 bridgehead atoms. The molecule has 3 atom stereocenters. The molecule has 1 saturated carbocycles. The predicted molar refractivity (Wildman–Crippen MR) is 134 cm³/mol. The van der Waals surface area contributed by atoms with Crippen LogP contribution >= 0.6 is 34.8 Å². The Kier molecular flexibility index (Phi) is 5.03. The molecule has 6 rings (SSSR count). The Morgan fingerprint density at radius 1 is 0.909 bits per heavy atom. The van der Waals surface area contributed by atoms with Gasteiger partial charge in [0.1, 0.15) is 12.2 Å². The highest BCUT2D eigenvalue weighted by Crippen LogP contribution is 2.49. The normalized spacial score (nSPS) is 21.8. The van der Waals surface area contributed by atoms with Crippen molar-refractivity contribution in [2.24, 2.45) is 11.8 Å². The summed E-state index contributed by atoms with van der Waals surface area (Å²) in [6.45, 7) is 1.95. The van der Waals surface area contributed by atoms with E-state index in [1.54, 1.807) is 12.4 Å². The van der Waals surface area contributed by atoms with Gasteiger partial charge in [-0.2, -0.15) is 0 Å². The van der Waals surface area contributed by atoms with Gasteiger partial charge >= 0.3 is 0 Å². The zero-order valence-electron chi connectivity index (χ0n) is 18.1. The summed E-state index contributed by atoms with van der Waals surface area (Å²) in [5.74, 6) is 2.90. The lowest BCUT2D eigenvalue weighted by Gasteiger charge is -2.23. The zero-order valence-corrected chi connectivity index (χ0v) is 20.4. The molecule has 2 fully saturated rings. The lowest BCUT2D eigenvalue weighted by atomic mass is 10.2. The summed E-state index contributed by atoms with van der Waals surface area (Å²) >= 11 is 18.9. The smallest absolute Gasteiger partial charge is 0.170 e. The Morgan fingerprint density at radius 2 is 1.61 bits per heavy atom. The third-order valence-electron chi connectivity index (χ3n) is 6.73. The van der Waals surface area contributed by atoms with Crippen molar-refractivity contribution >= 4 is 51.8 Å². The molecule has 1 aliphatic carbocycles. The Bertz CT molecular complexity index is 1350. The molecule has 0 unspecified atom stereocenters. The SMILES string of the molecule is CN(C)[C@H]1[C@@H]2CN(c3ncnc4c3nc(-c3ccc(Cl)cc3Cl)n4-c3ccc(Cl)cc3)C[C@@H]21. The van der Waals surface area contributed by atoms with E-state index < -0.39 is 0 Å². The first-order valence-electron chi connectivity index (χ1n) is 10.8. The minimum Gasteiger partial charge on any atom is -0.354 e. The van der Waals surface area contributed by atoms with Crippen LogP contribution in [0.4, 0.5) is 5.82 Å². The van der Waals surface area contributed by atoms with E-state index in [2.05, 4.69) is 33.9 Å². The van der Waals surface area contributed by atoms with Crippen LogP contribution in [-0.2, 0) is 0 Å². The van der Waals surface area contributed by atoms with E-state index in [-0.39, 0.29) is 0 Å².